The molecule has 8 nitrogen and oxygen atoms in total. The Bertz CT molecular complexity index is 924. The summed E-state index contributed by atoms with van der Waals surface area (Å²) >= 11 is 1.51. The molecule has 0 heterocycles. The lowest BCUT2D eigenvalue weighted by atomic mass is 10.1. The monoisotopic (exact) mass is 445 g/mol. The van der Waals surface area contributed by atoms with Gasteiger partial charge in [-0.25, -0.2) is 4.79 Å². The van der Waals surface area contributed by atoms with Gasteiger partial charge in [-0.05, 0) is 55.5 Å². The van der Waals surface area contributed by atoms with Crippen LogP contribution in [-0.4, -0.2) is 48.4 Å². The van der Waals surface area contributed by atoms with Gasteiger partial charge in [0.2, 0.25) is 5.78 Å². The Kier molecular flexibility index (Phi) is 9.73. The fourth-order valence-corrected chi connectivity index (χ4v) is 3.10. The Morgan fingerprint density at radius 2 is 1.55 bits per heavy atom. The third-order valence-corrected chi connectivity index (χ3v) is 4.76. The van der Waals surface area contributed by atoms with Gasteiger partial charge in [0.1, 0.15) is 18.1 Å². The summed E-state index contributed by atoms with van der Waals surface area (Å²) in [7, 11) is 0. The number of aliphatic hydroxyl groups excluding tert-OH is 1. The number of benzene rings is 2. The fraction of sp³-hybridized carbons (Fsp3) is 0.273. The first-order chi connectivity index (χ1) is 14.9. The van der Waals surface area contributed by atoms with Crippen molar-refractivity contribution >= 4 is 35.2 Å². The molecule has 0 saturated heterocycles. The third-order valence-electron chi connectivity index (χ3n) is 3.74. The second-order valence-electron chi connectivity index (χ2n) is 6.23. The first kappa shape index (κ1) is 24.1. The van der Waals surface area contributed by atoms with Crippen LogP contribution in [0.25, 0.3) is 0 Å². The van der Waals surface area contributed by atoms with Crippen LogP contribution < -0.4 is 4.74 Å². The molecule has 2 aromatic rings. The summed E-state index contributed by atoms with van der Waals surface area (Å²) in [5.41, 5.74) is 0.534. The number of nitrogens with zero attached hydrogens (tertiary/aromatic N) is 1. The number of rotatable bonds is 11. The number of carbonyl (C=O) groups is 3. The van der Waals surface area contributed by atoms with Crippen LogP contribution in [0.4, 0.5) is 0 Å². The van der Waals surface area contributed by atoms with E-state index in [2.05, 4.69) is 9.99 Å². The van der Waals surface area contributed by atoms with Gasteiger partial charge in [0.25, 0.3) is 0 Å². The van der Waals surface area contributed by atoms with E-state index in [0.29, 0.717) is 11.3 Å². The van der Waals surface area contributed by atoms with Gasteiger partial charge in [-0.15, -0.1) is 0 Å². The van der Waals surface area contributed by atoms with E-state index in [0.717, 1.165) is 9.79 Å². The van der Waals surface area contributed by atoms with Crippen LogP contribution in [0.3, 0.4) is 0 Å². The predicted octanol–water partition coefficient (Wildman–Crippen LogP) is 3.26. The van der Waals surface area contributed by atoms with Crippen molar-refractivity contribution in [3.8, 4) is 5.75 Å². The first-order valence-corrected chi connectivity index (χ1v) is 10.2. The van der Waals surface area contributed by atoms with Crippen LogP contribution in [0.5, 0.6) is 5.75 Å². The number of esters is 1. The topological polar surface area (TPSA) is 111 Å². The van der Waals surface area contributed by atoms with Crippen molar-refractivity contribution in [2.75, 3.05) is 19.8 Å². The molecule has 0 radical (unpaired) electrons. The zero-order valence-electron chi connectivity index (χ0n) is 17.2. The molecule has 2 rings (SSSR count). The van der Waals surface area contributed by atoms with Crippen molar-refractivity contribution in [1.82, 2.24) is 0 Å². The Morgan fingerprint density at radius 1 is 0.935 bits per heavy atom. The largest absolute Gasteiger partial charge is 0.493 e. The lowest BCUT2D eigenvalue weighted by Crippen LogP contribution is -2.12. The maximum Gasteiger partial charge on any atom is 0.331 e. The van der Waals surface area contributed by atoms with Crippen molar-refractivity contribution in [3.63, 3.8) is 0 Å². The molecule has 31 heavy (non-hydrogen) atoms. The highest BCUT2D eigenvalue weighted by molar-refractivity contribution is 7.99. The summed E-state index contributed by atoms with van der Waals surface area (Å²) in [6.07, 6.45) is 0.104. The summed E-state index contributed by atoms with van der Waals surface area (Å²) in [6, 6.07) is 14.4. The Balaban J connectivity index is 1.86. The second kappa shape index (κ2) is 12.5. The highest BCUT2D eigenvalue weighted by Gasteiger charge is 2.11. The average molecular weight is 445 g/mol. The van der Waals surface area contributed by atoms with Gasteiger partial charge in [0, 0.05) is 22.3 Å². The van der Waals surface area contributed by atoms with Crippen LogP contribution in [0.2, 0.25) is 0 Å². The van der Waals surface area contributed by atoms with Gasteiger partial charge < -0.3 is 19.4 Å². The number of oxime groups is 1. The Hall–Kier alpha value is -3.17. The molecule has 0 unspecified atom stereocenters. The summed E-state index contributed by atoms with van der Waals surface area (Å²) < 4.78 is 10.3. The highest BCUT2D eigenvalue weighted by atomic mass is 32.2. The maximum absolute atomic E-state index is 12.3. The molecule has 0 aliphatic rings. The van der Waals surface area contributed by atoms with Gasteiger partial charge in [-0.3, -0.25) is 9.59 Å². The Morgan fingerprint density at radius 3 is 2.13 bits per heavy atom. The lowest BCUT2D eigenvalue weighted by Gasteiger charge is -2.08. The van der Waals surface area contributed by atoms with Gasteiger partial charge in [-0.1, -0.05) is 16.9 Å². The van der Waals surface area contributed by atoms with Crippen LogP contribution in [0, 0.1) is 0 Å². The van der Waals surface area contributed by atoms with E-state index in [1.807, 2.05) is 24.3 Å². The van der Waals surface area contributed by atoms with Crippen LogP contribution >= 0.6 is 11.8 Å². The molecule has 0 spiro atoms. The van der Waals surface area contributed by atoms with Crippen molar-refractivity contribution in [1.29, 1.82) is 0 Å². The molecule has 1 N–H and O–H groups in total. The van der Waals surface area contributed by atoms with E-state index in [9.17, 15) is 14.4 Å². The molecule has 2 aromatic carbocycles. The molecule has 0 fully saturated rings. The number of hydrogen-bond acceptors (Lipinski definition) is 9. The zero-order valence-corrected chi connectivity index (χ0v) is 18.0. The van der Waals surface area contributed by atoms with E-state index in [1.165, 1.54) is 25.6 Å². The summed E-state index contributed by atoms with van der Waals surface area (Å²) in [6.45, 7) is 2.67. The quantitative estimate of drug-likeness (QED) is 0.184. The van der Waals surface area contributed by atoms with E-state index >= 15 is 0 Å². The molecule has 9 heteroatoms. The van der Waals surface area contributed by atoms with Crippen molar-refractivity contribution in [3.05, 3.63) is 54.1 Å². The van der Waals surface area contributed by atoms with E-state index in [4.69, 9.17) is 14.6 Å². The summed E-state index contributed by atoms with van der Waals surface area (Å²) in [4.78, 5) is 40.8. The van der Waals surface area contributed by atoms with Gasteiger partial charge >= 0.3 is 11.9 Å². The van der Waals surface area contributed by atoms with Crippen molar-refractivity contribution in [2.24, 2.45) is 5.16 Å². The van der Waals surface area contributed by atoms with E-state index < -0.39 is 11.9 Å². The van der Waals surface area contributed by atoms with E-state index in [-0.39, 0.29) is 37.7 Å². The molecule has 0 amide bonds. The molecule has 0 aliphatic heterocycles. The minimum Gasteiger partial charge on any atom is -0.493 e. The SMILES string of the molecule is CC(=O)ON=C(C)C(=O)c1ccc(Sc2ccc(OCCC(=O)OCCO)cc2)cc1. The normalized spacial score (nSPS) is 11.0. The highest BCUT2D eigenvalue weighted by Crippen LogP contribution is 2.29. The van der Waals surface area contributed by atoms with Crippen LogP contribution in [-0.2, 0) is 19.2 Å². The maximum atomic E-state index is 12.3. The number of aliphatic hydroxyl groups is 1. The van der Waals surface area contributed by atoms with Gasteiger partial charge in [0.05, 0.1) is 19.6 Å². The standard InChI is InChI=1S/C22H23NO7S/c1-15(23-30-16(2)25)22(27)17-3-7-19(8-4-17)31-20-9-5-18(6-10-20)28-13-11-21(26)29-14-12-24/h3-10,24H,11-14H2,1-2H3. The smallest absolute Gasteiger partial charge is 0.331 e. The van der Waals surface area contributed by atoms with Gasteiger partial charge in [-0.2, -0.15) is 0 Å². The molecule has 0 bridgehead atoms. The van der Waals surface area contributed by atoms with Crippen LogP contribution in [0.1, 0.15) is 30.6 Å². The molecule has 0 atom stereocenters. The number of ether oxygens (including phenoxy) is 2. The lowest BCUT2D eigenvalue weighted by molar-refractivity contribution is -0.145. The molecule has 164 valence electrons. The molecular formula is C22H23NO7S. The summed E-state index contributed by atoms with van der Waals surface area (Å²) in [5, 5.41) is 12.1. The number of hydrogen-bond donors (Lipinski definition) is 1. The predicted molar refractivity (Wildman–Crippen MR) is 114 cm³/mol. The third kappa shape index (κ3) is 8.61. The number of Topliss-reactive ketones (excluding diaryl/α,β-unsaturated/α-hetero) is 1. The molecular weight excluding hydrogens is 422 g/mol. The second-order valence-corrected chi connectivity index (χ2v) is 7.38. The summed E-state index contributed by atoms with van der Waals surface area (Å²) in [5.74, 6) is -0.700. The van der Waals surface area contributed by atoms with Crippen molar-refractivity contribution < 1.29 is 33.8 Å². The molecule has 0 aliphatic carbocycles. The van der Waals surface area contributed by atoms with E-state index in [1.54, 1.807) is 24.3 Å². The van der Waals surface area contributed by atoms with Crippen LogP contribution in [0.15, 0.2) is 63.5 Å². The first-order valence-electron chi connectivity index (χ1n) is 9.43. The fourth-order valence-electron chi connectivity index (χ4n) is 2.28. The van der Waals surface area contributed by atoms with Crippen molar-refractivity contribution in [2.45, 2.75) is 30.1 Å². The number of carbonyl (C=O) groups excluding carboxylic acids is 3. The van der Waals surface area contributed by atoms with Gasteiger partial charge in [0.15, 0.2) is 0 Å². The molecule has 0 saturated carbocycles. The number of ketones is 1. The molecule has 0 aromatic heterocycles. The minimum atomic E-state index is -0.587. The average Bonchev–Trinajstić information content (AvgIpc) is 2.77. The minimum absolute atomic E-state index is 0.0125. The zero-order chi connectivity index (χ0) is 22.6. The Labute approximate surface area is 184 Å².